The van der Waals surface area contributed by atoms with E-state index in [1.807, 2.05) is 37.3 Å². The summed E-state index contributed by atoms with van der Waals surface area (Å²) < 4.78 is 37.0. The molecule has 1 fully saturated rings. The van der Waals surface area contributed by atoms with Crippen LogP contribution in [0.1, 0.15) is 52.5 Å². The van der Waals surface area contributed by atoms with Gasteiger partial charge in [0.25, 0.3) is 5.91 Å². The zero-order valence-electron chi connectivity index (χ0n) is 20.2. The van der Waals surface area contributed by atoms with E-state index in [0.717, 1.165) is 23.6 Å². The first-order valence-corrected chi connectivity index (χ1v) is 12.2. The molecule has 1 spiro atoms. The molecule has 1 aliphatic carbocycles. The zero-order chi connectivity index (χ0) is 25.9. The van der Waals surface area contributed by atoms with Crippen molar-refractivity contribution in [1.29, 1.82) is 0 Å². The third kappa shape index (κ3) is 3.44. The first kappa shape index (κ1) is 23.3. The molecule has 0 unspecified atom stereocenters. The monoisotopic (exact) mass is 505 g/mol. The molecule has 3 heterocycles. The number of pyridine rings is 1. The molecule has 9 heteroatoms. The fourth-order valence-electron chi connectivity index (χ4n) is 5.64. The number of hydrogen-bond acceptors (Lipinski definition) is 5. The number of aromatic hydroxyl groups is 1. The lowest BCUT2D eigenvalue weighted by Gasteiger charge is -2.54. The van der Waals surface area contributed by atoms with E-state index in [4.69, 9.17) is 4.74 Å². The van der Waals surface area contributed by atoms with E-state index in [-0.39, 0.29) is 24.7 Å². The topological polar surface area (TPSA) is 75.0 Å². The smallest absolute Gasteiger partial charge is 0.278 e. The van der Waals surface area contributed by atoms with Gasteiger partial charge in [0.05, 0.1) is 5.54 Å². The molecule has 1 saturated carbocycles. The number of carbonyl (C=O) groups excluding carboxylic acids is 1. The third-order valence-corrected chi connectivity index (χ3v) is 7.73. The quantitative estimate of drug-likeness (QED) is 0.503. The van der Waals surface area contributed by atoms with Crippen LogP contribution in [0.4, 0.5) is 8.78 Å². The maximum atomic E-state index is 15.3. The van der Waals surface area contributed by atoms with Gasteiger partial charge in [-0.25, -0.2) is 4.39 Å². The Bertz CT molecular complexity index is 1510. The lowest BCUT2D eigenvalue weighted by molar-refractivity contribution is 0.0255. The molecule has 1 amide bonds. The van der Waals surface area contributed by atoms with Crippen molar-refractivity contribution in [2.45, 2.75) is 37.8 Å². The van der Waals surface area contributed by atoms with Crippen LogP contribution in [0, 0.1) is 18.6 Å². The first-order chi connectivity index (χ1) is 17.8. The van der Waals surface area contributed by atoms with Crippen molar-refractivity contribution in [2.75, 3.05) is 18.3 Å². The van der Waals surface area contributed by atoms with Crippen molar-refractivity contribution in [3.05, 3.63) is 105 Å². The van der Waals surface area contributed by atoms with Gasteiger partial charge in [0.1, 0.15) is 19.3 Å². The van der Waals surface area contributed by atoms with Crippen LogP contribution in [0.15, 0.2) is 65.6 Å². The Morgan fingerprint density at radius 3 is 2.57 bits per heavy atom. The number of nitrogens with zero attached hydrogens (tertiary/aromatic N) is 3. The van der Waals surface area contributed by atoms with Crippen LogP contribution >= 0.6 is 0 Å². The minimum atomic E-state index is -1.10. The Morgan fingerprint density at radius 2 is 1.84 bits per heavy atom. The third-order valence-electron chi connectivity index (χ3n) is 7.73. The lowest BCUT2D eigenvalue weighted by Crippen LogP contribution is -2.64. The van der Waals surface area contributed by atoms with E-state index < -0.39 is 40.3 Å². The van der Waals surface area contributed by atoms with E-state index in [9.17, 15) is 19.1 Å². The molecule has 1 atom stereocenters. The Balaban J connectivity index is 1.69. The van der Waals surface area contributed by atoms with Crippen molar-refractivity contribution in [2.24, 2.45) is 0 Å². The normalized spacial score (nSPS) is 20.8. The van der Waals surface area contributed by atoms with Gasteiger partial charge in [-0.15, -0.1) is 0 Å². The minimum Gasteiger partial charge on any atom is -0.502 e. The van der Waals surface area contributed by atoms with Crippen LogP contribution in [-0.4, -0.2) is 39.4 Å². The Morgan fingerprint density at radius 1 is 1.05 bits per heavy atom. The van der Waals surface area contributed by atoms with E-state index in [2.05, 4.69) is 0 Å². The van der Waals surface area contributed by atoms with Gasteiger partial charge in [-0.3, -0.25) is 19.3 Å². The van der Waals surface area contributed by atoms with Crippen molar-refractivity contribution in [3.8, 4) is 11.5 Å². The van der Waals surface area contributed by atoms with Crippen molar-refractivity contribution < 1.29 is 23.4 Å². The average molecular weight is 506 g/mol. The summed E-state index contributed by atoms with van der Waals surface area (Å²) in [6.07, 6.45) is 7.28. The van der Waals surface area contributed by atoms with Gasteiger partial charge >= 0.3 is 0 Å². The Hall–Kier alpha value is -4.14. The standard InChI is InChI=1S/C28H25F2N3O4/c1-17-6-2-3-7-18(17)23-19-8-9-20(29)22(30)26(19)37-15-5-13-28(11-4-12-28)31-16-33(23)32-14-10-21(34)25(35)24(32)27(31)36/h2-3,5-10,13-14,23,35H,4,11-12,15-16H2,1H3/b13-5+/t23-/m0/s1. The highest BCUT2D eigenvalue weighted by molar-refractivity contribution is 5.97. The Labute approximate surface area is 211 Å². The molecule has 2 bridgehead atoms. The number of rotatable bonds is 1. The summed E-state index contributed by atoms with van der Waals surface area (Å²) >= 11 is 0. The van der Waals surface area contributed by atoms with Crippen LogP contribution in [-0.2, 0) is 0 Å². The predicted octanol–water partition coefficient (Wildman–Crippen LogP) is 4.15. The fourth-order valence-corrected chi connectivity index (χ4v) is 5.64. The number of amides is 1. The molecule has 7 nitrogen and oxygen atoms in total. The highest BCUT2D eigenvalue weighted by atomic mass is 19.2. The van der Waals surface area contributed by atoms with E-state index in [1.54, 1.807) is 16.0 Å². The van der Waals surface area contributed by atoms with Crippen molar-refractivity contribution >= 4 is 5.91 Å². The fraction of sp³-hybridized carbons (Fsp3) is 0.286. The van der Waals surface area contributed by atoms with Crippen LogP contribution in [0.3, 0.4) is 0 Å². The molecule has 0 saturated heterocycles. The summed E-state index contributed by atoms with van der Waals surface area (Å²) in [6.45, 7) is 1.97. The van der Waals surface area contributed by atoms with Gasteiger partial charge in [0.15, 0.2) is 23.0 Å². The summed E-state index contributed by atoms with van der Waals surface area (Å²) in [5.41, 5.74) is 0.509. The maximum Gasteiger partial charge on any atom is 0.278 e. The molecular formula is C28H25F2N3O4. The zero-order valence-corrected chi connectivity index (χ0v) is 20.2. The molecule has 6 rings (SSSR count). The van der Waals surface area contributed by atoms with Gasteiger partial charge in [0.2, 0.25) is 11.2 Å². The van der Waals surface area contributed by atoms with Crippen molar-refractivity contribution in [1.82, 2.24) is 9.58 Å². The molecule has 3 aromatic rings. The number of aryl methyl sites for hydroxylation is 1. The number of aromatic nitrogens is 1. The number of hydrogen-bond donors (Lipinski definition) is 1. The van der Waals surface area contributed by atoms with E-state index in [0.29, 0.717) is 18.4 Å². The summed E-state index contributed by atoms with van der Waals surface area (Å²) in [6, 6.07) is 10.5. The largest absolute Gasteiger partial charge is 0.502 e. The number of ether oxygens (including phenoxy) is 1. The summed E-state index contributed by atoms with van der Waals surface area (Å²) in [4.78, 5) is 27.9. The van der Waals surface area contributed by atoms with E-state index in [1.165, 1.54) is 23.0 Å². The molecule has 37 heavy (non-hydrogen) atoms. The number of halogens is 2. The molecular weight excluding hydrogens is 480 g/mol. The second-order valence-corrected chi connectivity index (χ2v) is 9.75. The molecule has 1 aromatic heterocycles. The highest BCUT2D eigenvalue weighted by Crippen LogP contribution is 2.45. The number of carbonyl (C=O) groups is 1. The van der Waals surface area contributed by atoms with Crippen LogP contribution < -0.4 is 15.2 Å². The molecule has 2 aliphatic heterocycles. The first-order valence-electron chi connectivity index (χ1n) is 12.2. The van der Waals surface area contributed by atoms with Gasteiger partial charge in [0, 0.05) is 17.8 Å². The van der Waals surface area contributed by atoms with Gasteiger partial charge < -0.3 is 14.7 Å². The van der Waals surface area contributed by atoms with Crippen LogP contribution in [0.2, 0.25) is 0 Å². The maximum absolute atomic E-state index is 15.3. The minimum absolute atomic E-state index is 0.0201. The predicted molar refractivity (Wildman–Crippen MR) is 132 cm³/mol. The number of benzene rings is 2. The molecule has 3 aliphatic rings. The SMILES string of the molecule is Cc1ccccc1[C@H]1c2ccc(F)c(F)c2OC/C=C/C2(CCC2)N2CN1n1ccc(=O)c(O)c1C2=O. The Kier molecular flexibility index (Phi) is 5.33. The van der Waals surface area contributed by atoms with Gasteiger partial charge in [-0.05, 0) is 55.5 Å². The lowest BCUT2D eigenvalue weighted by atomic mass is 9.74. The van der Waals surface area contributed by atoms with Crippen molar-refractivity contribution in [3.63, 3.8) is 0 Å². The molecule has 0 radical (unpaired) electrons. The molecule has 190 valence electrons. The average Bonchev–Trinajstić information content (AvgIpc) is 2.88. The summed E-state index contributed by atoms with van der Waals surface area (Å²) in [5.74, 6) is -3.48. The highest BCUT2D eigenvalue weighted by Gasteiger charge is 2.49. The van der Waals surface area contributed by atoms with E-state index >= 15 is 4.39 Å². The van der Waals surface area contributed by atoms with Gasteiger partial charge in [-0.2, -0.15) is 4.39 Å². The van der Waals surface area contributed by atoms with Gasteiger partial charge in [-0.1, -0.05) is 30.3 Å². The van der Waals surface area contributed by atoms with Crippen LogP contribution in [0.5, 0.6) is 11.5 Å². The second kappa shape index (κ2) is 8.47. The second-order valence-electron chi connectivity index (χ2n) is 9.75. The molecule has 1 N–H and O–H groups in total. The molecule has 2 aromatic carbocycles. The summed E-state index contributed by atoms with van der Waals surface area (Å²) in [5, 5.41) is 12.6. The summed E-state index contributed by atoms with van der Waals surface area (Å²) in [7, 11) is 0. The van der Waals surface area contributed by atoms with Crippen LogP contribution in [0.25, 0.3) is 0 Å². The number of fused-ring (bicyclic) bond motifs is 6.